The first-order valence-electron chi connectivity index (χ1n) is 7.48. The molecule has 0 radical (unpaired) electrons. The molecular formula is C15H8F7N3O5. The van der Waals surface area contributed by atoms with Gasteiger partial charge in [-0.15, -0.1) is 0 Å². The van der Waals surface area contributed by atoms with Gasteiger partial charge in [0.05, 0.1) is 21.5 Å². The van der Waals surface area contributed by atoms with Crippen molar-refractivity contribution in [2.45, 2.75) is 18.7 Å². The van der Waals surface area contributed by atoms with Gasteiger partial charge in [0.2, 0.25) is 0 Å². The predicted octanol–water partition coefficient (Wildman–Crippen LogP) is 5.50. The van der Waals surface area contributed by atoms with Crippen LogP contribution < -0.4 is 10.1 Å². The summed E-state index contributed by atoms with van der Waals surface area (Å²) < 4.78 is 93.2. The molecule has 0 heterocycles. The number of hydrogen-bond donors (Lipinski definition) is 1. The standard InChI is InChI=1S/C15H8F7N3O5/c16-13(15(20,21)22)30-9-3-1-7(2-4-9)23-12-10(14(17,18)19)5-8(24(26)27)6-11(12)25(28)29/h1-6,13,23H. The first kappa shape index (κ1) is 22.6. The quantitative estimate of drug-likeness (QED) is 0.359. The van der Waals surface area contributed by atoms with Crippen LogP contribution in [0.3, 0.4) is 0 Å². The van der Waals surface area contributed by atoms with Gasteiger partial charge in [-0.05, 0) is 24.3 Å². The molecule has 0 bridgehead atoms. The Hall–Kier alpha value is -3.65. The Morgan fingerprint density at radius 2 is 1.50 bits per heavy atom. The summed E-state index contributed by atoms with van der Waals surface area (Å²) in [6.07, 6.45) is -14.2. The molecule has 2 aromatic carbocycles. The van der Waals surface area contributed by atoms with Gasteiger partial charge in [-0.1, -0.05) is 0 Å². The summed E-state index contributed by atoms with van der Waals surface area (Å²) in [7, 11) is 0. The minimum absolute atomic E-state index is 0.0871. The van der Waals surface area contributed by atoms with Gasteiger partial charge >= 0.3 is 18.7 Å². The van der Waals surface area contributed by atoms with E-state index >= 15 is 0 Å². The molecule has 0 saturated heterocycles. The largest absolute Gasteiger partial charge is 0.457 e. The number of nitrogens with one attached hydrogen (secondary N) is 1. The summed E-state index contributed by atoms with van der Waals surface area (Å²) in [5.41, 5.74) is -5.58. The number of nitro benzene ring substituents is 2. The maximum atomic E-state index is 13.3. The third-order valence-corrected chi connectivity index (χ3v) is 3.44. The number of halogens is 7. The van der Waals surface area contributed by atoms with Crippen LogP contribution in [0, 0.1) is 20.2 Å². The lowest BCUT2D eigenvalue weighted by Gasteiger charge is -2.16. The van der Waals surface area contributed by atoms with Crippen molar-refractivity contribution < 1.29 is 45.3 Å². The van der Waals surface area contributed by atoms with Crippen molar-refractivity contribution in [3.05, 3.63) is 62.2 Å². The zero-order valence-corrected chi connectivity index (χ0v) is 14.1. The van der Waals surface area contributed by atoms with Crippen LogP contribution in [0.25, 0.3) is 0 Å². The first-order valence-corrected chi connectivity index (χ1v) is 7.48. The summed E-state index contributed by atoms with van der Waals surface area (Å²) >= 11 is 0. The van der Waals surface area contributed by atoms with Crippen LogP contribution in [-0.2, 0) is 6.18 Å². The van der Waals surface area contributed by atoms with E-state index in [1.54, 1.807) is 0 Å². The Labute approximate surface area is 161 Å². The molecule has 1 unspecified atom stereocenters. The molecule has 0 saturated carbocycles. The SMILES string of the molecule is O=[N+]([O-])c1cc([N+](=O)[O-])c(Nc2ccc(OC(F)C(F)(F)F)cc2)c(C(F)(F)F)c1. The fourth-order valence-corrected chi connectivity index (χ4v) is 2.16. The molecule has 0 amide bonds. The molecule has 0 aromatic heterocycles. The fraction of sp³-hybridized carbons (Fsp3) is 0.200. The zero-order chi connectivity index (χ0) is 22.9. The molecule has 30 heavy (non-hydrogen) atoms. The van der Waals surface area contributed by atoms with E-state index in [4.69, 9.17) is 0 Å². The van der Waals surface area contributed by atoms with Gasteiger partial charge < -0.3 is 10.1 Å². The average Bonchev–Trinajstić information content (AvgIpc) is 2.61. The second-order valence-corrected chi connectivity index (χ2v) is 5.52. The third-order valence-electron chi connectivity index (χ3n) is 3.44. The number of benzene rings is 2. The molecule has 2 aromatic rings. The summed E-state index contributed by atoms with van der Waals surface area (Å²) in [6.45, 7) is 0. The van der Waals surface area contributed by atoms with E-state index in [1.807, 2.05) is 0 Å². The number of alkyl halides is 7. The predicted molar refractivity (Wildman–Crippen MR) is 86.1 cm³/mol. The maximum Gasteiger partial charge on any atom is 0.457 e. The molecule has 0 aliphatic heterocycles. The average molecular weight is 443 g/mol. The molecule has 0 spiro atoms. The van der Waals surface area contributed by atoms with Crippen molar-refractivity contribution in [2.24, 2.45) is 0 Å². The van der Waals surface area contributed by atoms with Crippen molar-refractivity contribution >= 4 is 22.7 Å². The van der Waals surface area contributed by atoms with E-state index < -0.39 is 56.9 Å². The van der Waals surface area contributed by atoms with E-state index in [2.05, 4.69) is 10.1 Å². The zero-order valence-electron chi connectivity index (χ0n) is 14.1. The number of anilines is 2. The van der Waals surface area contributed by atoms with Gasteiger partial charge in [0, 0.05) is 11.8 Å². The molecule has 1 atom stereocenters. The molecule has 0 aliphatic carbocycles. The number of nitrogens with zero attached hydrogens (tertiary/aromatic N) is 2. The molecule has 162 valence electrons. The lowest BCUT2D eigenvalue weighted by atomic mass is 10.1. The van der Waals surface area contributed by atoms with Gasteiger partial charge in [0.15, 0.2) is 0 Å². The van der Waals surface area contributed by atoms with Crippen molar-refractivity contribution in [1.29, 1.82) is 0 Å². The Morgan fingerprint density at radius 3 is 1.93 bits per heavy atom. The highest BCUT2D eigenvalue weighted by Gasteiger charge is 2.42. The minimum Gasteiger partial charge on any atom is -0.452 e. The second kappa shape index (κ2) is 8.00. The first-order chi connectivity index (χ1) is 13.7. The Kier molecular flexibility index (Phi) is 6.04. The van der Waals surface area contributed by atoms with Gasteiger partial charge in [-0.3, -0.25) is 20.2 Å². The summed E-state index contributed by atoms with van der Waals surface area (Å²) in [4.78, 5) is 19.4. The van der Waals surface area contributed by atoms with Crippen LogP contribution in [-0.4, -0.2) is 22.4 Å². The maximum absolute atomic E-state index is 13.3. The van der Waals surface area contributed by atoms with Crippen molar-refractivity contribution in [3.8, 4) is 5.75 Å². The highest BCUT2D eigenvalue weighted by molar-refractivity contribution is 5.76. The summed E-state index contributed by atoms with van der Waals surface area (Å²) in [5, 5.41) is 24.0. The lowest BCUT2D eigenvalue weighted by molar-refractivity contribution is -0.394. The van der Waals surface area contributed by atoms with Crippen molar-refractivity contribution in [3.63, 3.8) is 0 Å². The summed E-state index contributed by atoms with van der Waals surface area (Å²) in [6, 6.07) is 3.67. The number of hydrogen-bond acceptors (Lipinski definition) is 6. The van der Waals surface area contributed by atoms with Gasteiger partial charge in [0.25, 0.3) is 11.4 Å². The highest BCUT2D eigenvalue weighted by Crippen LogP contribution is 2.43. The van der Waals surface area contributed by atoms with E-state index in [-0.39, 0.29) is 11.8 Å². The topological polar surface area (TPSA) is 108 Å². The number of nitro groups is 2. The van der Waals surface area contributed by atoms with Gasteiger partial charge in [-0.25, -0.2) is 0 Å². The molecule has 0 aliphatic rings. The Morgan fingerprint density at radius 1 is 0.933 bits per heavy atom. The number of ether oxygens (including phenoxy) is 1. The van der Waals surface area contributed by atoms with E-state index in [1.165, 1.54) is 0 Å². The van der Waals surface area contributed by atoms with Crippen LogP contribution in [0.2, 0.25) is 0 Å². The number of non-ortho nitro benzene ring substituents is 1. The van der Waals surface area contributed by atoms with Gasteiger partial charge in [0.1, 0.15) is 11.4 Å². The van der Waals surface area contributed by atoms with Crippen LogP contribution in [0.4, 0.5) is 53.5 Å². The molecule has 2 rings (SSSR count). The Balaban J connectivity index is 2.44. The minimum atomic E-state index is -5.31. The van der Waals surface area contributed by atoms with Crippen LogP contribution >= 0.6 is 0 Å². The van der Waals surface area contributed by atoms with Crippen molar-refractivity contribution in [2.75, 3.05) is 5.32 Å². The summed E-state index contributed by atoms with van der Waals surface area (Å²) in [5.74, 6) is -0.625. The lowest BCUT2D eigenvalue weighted by Crippen LogP contribution is -2.29. The van der Waals surface area contributed by atoms with Crippen LogP contribution in [0.15, 0.2) is 36.4 Å². The van der Waals surface area contributed by atoms with Gasteiger partial charge in [-0.2, -0.15) is 30.7 Å². The van der Waals surface area contributed by atoms with E-state index in [9.17, 15) is 51.0 Å². The number of rotatable bonds is 6. The van der Waals surface area contributed by atoms with Crippen molar-refractivity contribution in [1.82, 2.24) is 0 Å². The molecule has 8 nitrogen and oxygen atoms in total. The monoisotopic (exact) mass is 443 g/mol. The molecular weight excluding hydrogens is 435 g/mol. The van der Waals surface area contributed by atoms with E-state index in [0.29, 0.717) is 6.07 Å². The van der Waals surface area contributed by atoms with E-state index in [0.717, 1.165) is 24.3 Å². The highest BCUT2D eigenvalue weighted by atomic mass is 19.4. The normalized spacial score (nSPS) is 12.9. The Bertz CT molecular complexity index is 961. The van der Waals surface area contributed by atoms with Crippen LogP contribution in [0.5, 0.6) is 5.75 Å². The second-order valence-electron chi connectivity index (χ2n) is 5.52. The molecule has 15 heteroatoms. The third kappa shape index (κ3) is 5.24. The van der Waals surface area contributed by atoms with Crippen LogP contribution in [0.1, 0.15) is 5.56 Å². The molecule has 1 N–H and O–H groups in total. The fourth-order valence-electron chi connectivity index (χ4n) is 2.16. The molecule has 0 fully saturated rings. The smallest absolute Gasteiger partial charge is 0.452 e.